The number of nitrogens with zero attached hydrogens (tertiary/aromatic N) is 3. The summed E-state index contributed by atoms with van der Waals surface area (Å²) in [6, 6.07) is 0. The van der Waals surface area contributed by atoms with E-state index >= 15 is 0 Å². The number of nitrogens with one attached hydrogen (secondary N) is 1. The van der Waals surface area contributed by atoms with Gasteiger partial charge in [0.15, 0.2) is 0 Å². The van der Waals surface area contributed by atoms with Gasteiger partial charge in [-0.15, -0.1) is 0 Å². The molecule has 1 amide bonds. The van der Waals surface area contributed by atoms with Crippen molar-refractivity contribution >= 4 is 23.6 Å². The van der Waals surface area contributed by atoms with Crippen LogP contribution in [0.2, 0.25) is 0 Å². The maximum atomic E-state index is 11.9. The van der Waals surface area contributed by atoms with E-state index in [2.05, 4.69) is 21.5 Å². The van der Waals surface area contributed by atoms with Crippen LogP contribution in [0.15, 0.2) is 6.20 Å². The molecule has 5 nitrogen and oxygen atoms in total. The van der Waals surface area contributed by atoms with Crippen LogP contribution in [-0.2, 0) is 0 Å². The highest BCUT2D eigenvalue weighted by molar-refractivity contribution is 7.98. The van der Waals surface area contributed by atoms with Gasteiger partial charge in [0.25, 0.3) is 5.91 Å². The SMILES string of the molecule is CSCCCNC(=O)c1cnc(N(C)C)nc1C. The van der Waals surface area contributed by atoms with E-state index in [-0.39, 0.29) is 5.91 Å². The molecule has 1 heterocycles. The second kappa shape index (κ2) is 7.20. The van der Waals surface area contributed by atoms with E-state index in [4.69, 9.17) is 0 Å². The molecule has 1 aromatic heterocycles. The Morgan fingerprint density at radius 2 is 2.22 bits per heavy atom. The van der Waals surface area contributed by atoms with Gasteiger partial charge < -0.3 is 10.2 Å². The van der Waals surface area contributed by atoms with Gasteiger partial charge >= 0.3 is 0 Å². The van der Waals surface area contributed by atoms with Crippen LogP contribution in [0.1, 0.15) is 22.5 Å². The Kier molecular flexibility index (Phi) is 5.91. The molecule has 0 radical (unpaired) electrons. The summed E-state index contributed by atoms with van der Waals surface area (Å²) < 4.78 is 0. The number of carbonyl (C=O) groups excluding carboxylic acids is 1. The third-order valence-corrected chi connectivity index (χ3v) is 3.12. The predicted octanol–water partition coefficient (Wildman–Crippen LogP) is 1.33. The number of anilines is 1. The molecule has 0 spiro atoms. The molecule has 6 heteroatoms. The van der Waals surface area contributed by atoms with Gasteiger partial charge in [-0.3, -0.25) is 4.79 Å². The standard InChI is InChI=1S/C12H20N4OS/c1-9-10(8-14-12(15-9)16(2)3)11(17)13-6-5-7-18-4/h8H,5-7H2,1-4H3,(H,13,17). The molecule has 0 unspecified atom stereocenters. The zero-order chi connectivity index (χ0) is 13.5. The number of carbonyl (C=O) groups is 1. The summed E-state index contributed by atoms with van der Waals surface area (Å²) in [5.74, 6) is 1.57. The van der Waals surface area contributed by atoms with Gasteiger partial charge in [0, 0.05) is 26.8 Å². The summed E-state index contributed by atoms with van der Waals surface area (Å²) in [5, 5.41) is 2.88. The molecule has 1 rings (SSSR count). The molecule has 100 valence electrons. The normalized spacial score (nSPS) is 10.2. The zero-order valence-corrected chi connectivity index (χ0v) is 12.2. The highest BCUT2D eigenvalue weighted by Gasteiger charge is 2.11. The van der Waals surface area contributed by atoms with E-state index in [1.165, 1.54) is 0 Å². The Hall–Kier alpha value is -1.30. The van der Waals surface area contributed by atoms with Crippen LogP contribution in [0.5, 0.6) is 0 Å². The first-order valence-electron chi connectivity index (χ1n) is 5.84. The van der Waals surface area contributed by atoms with E-state index < -0.39 is 0 Å². The molecule has 0 aliphatic heterocycles. The molecule has 0 aliphatic carbocycles. The van der Waals surface area contributed by atoms with Crippen LogP contribution in [-0.4, -0.2) is 48.5 Å². The number of amides is 1. The quantitative estimate of drug-likeness (QED) is 0.789. The van der Waals surface area contributed by atoms with Crippen molar-refractivity contribution in [2.75, 3.05) is 37.5 Å². The summed E-state index contributed by atoms with van der Waals surface area (Å²) in [6.45, 7) is 2.51. The molecule has 18 heavy (non-hydrogen) atoms. The van der Waals surface area contributed by atoms with Crippen molar-refractivity contribution in [1.29, 1.82) is 0 Å². The molecular weight excluding hydrogens is 248 g/mol. The Bertz CT molecular complexity index is 409. The fraction of sp³-hybridized carbons (Fsp3) is 0.583. The minimum absolute atomic E-state index is 0.0982. The van der Waals surface area contributed by atoms with Crippen molar-refractivity contribution in [2.45, 2.75) is 13.3 Å². The third-order valence-electron chi connectivity index (χ3n) is 2.42. The highest BCUT2D eigenvalue weighted by Crippen LogP contribution is 2.08. The summed E-state index contributed by atoms with van der Waals surface area (Å²) >= 11 is 1.78. The smallest absolute Gasteiger partial charge is 0.254 e. The Labute approximate surface area is 112 Å². The fourth-order valence-corrected chi connectivity index (χ4v) is 1.84. The lowest BCUT2D eigenvalue weighted by molar-refractivity contribution is 0.0952. The molecule has 0 saturated heterocycles. The first kappa shape index (κ1) is 14.8. The van der Waals surface area contributed by atoms with Crippen molar-refractivity contribution in [2.24, 2.45) is 0 Å². The fourth-order valence-electron chi connectivity index (χ4n) is 1.41. The average molecular weight is 268 g/mol. The number of aryl methyl sites for hydroxylation is 1. The molecule has 0 bridgehead atoms. The van der Waals surface area contributed by atoms with Crippen LogP contribution >= 0.6 is 11.8 Å². The highest BCUT2D eigenvalue weighted by atomic mass is 32.2. The third kappa shape index (κ3) is 4.18. The summed E-state index contributed by atoms with van der Waals surface area (Å²) in [4.78, 5) is 22.2. The topological polar surface area (TPSA) is 58.1 Å². The van der Waals surface area contributed by atoms with Crippen molar-refractivity contribution in [3.05, 3.63) is 17.5 Å². The van der Waals surface area contributed by atoms with Crippen molar-refractivity contribution in [3.63, 3.8) is 0 Å². The van der Waals surface area contributed by atoms with E-state index in [0.717, 1.165) is 12.2 Å². The van der Waals surface area contributed by atoms with E-state index in [1.54, 1.807) is 18.0 Å². The maximum absolute atomic E-state index is 11.9. The van der Waals surface area contributed by atoms with Gasteiger partial charge in [-0.05, 0) is 25.4 Å². The molecule has 0 atom stereocenters. The van der Waals surface area contributed by atoms with Gasteiger partial charge in [-0.2, -0.15) is 11.8 Å². The average Bonchev–Trinajstić information content (AvgIpc) is 2.34. The number of aromatic nitrogens is 2. The number of rotatable bonds is 6. The lowest BCUT2D eigenvalue weighted by Crippen LogP contribution is -2.26. The number of thioether (sulfide) groups is 1. The largest absolute Gasteiger partial charge is 0.352 e. The summed E-state index contributed by atoms with van der Waals surface area (Å²) in [5.41, 5.74) is 1.25. The lowest BCUT2D eigenvalue weighted by Gasteiger charge is -2.12. The van der Waals surface area contributed by atoms with Gasteiger partial charge in [-0.1, -0.05) is 0 Å². The molecule has 1 aromatic rings. The van der Waals surface area contributed by atoms with E-state index in [0.29, 0.717) is 23.8 Å². The first-order valence-corrected chi connectivity index (χ1v) is 7.23. The van der Waals surface area contributed by atoms with Gasteiger partial charge in [0.05, 0.1) is 11.3 Å². The zero-order valence-electron chi connectivity index (χ0n) is 11.4. The molecule has 0 fully saturated rings. The van der Waals surface area contributed by atoms with E-state index in [1.807, 2.05) is 25.9 Å². The second-order valence-electron chi connectivity index (χ2n) is 4.17. The van der Waals surface area contributed by atoms with Gasteiger partial charge in [-0.25, -0.2) is 9.97 Å². The molecule has 0 saturated carbocycles. The number of hydrogen-bond acceptors (Lipinski definition) is 5. The Morgan fingerprint density at radius 3 is 2.78 bits per heavy atom. The van der Waals surface area contributed by atoms with Gasteiger partial charge in [0.2, 0.25) is 5.95 Å². The first-order chi connectivity index (χ1) is 8.56. The van der Waals surface area contributed by atoms with Crippen LogP contribution in [0.3, 0.4) is 0 Å². The molecular formula is C12H20N4OS. The minimum Gasteiger partial charge on any atom is -0.352 e. The van der Waals surface area contributed by atoms with Crippen LogP contribution in [0, 0.1) is 6.92 Å². The van der Waals surface area contributed by atoms with Gasteiger partial charge in [0.1, 0.15) is 0 Å². The summed E-state index contributed by atoms with van der Waals surface area (Å²) in [7, 11) is 3.74. The van der Waals surface area contributed by atoms with Crippen molar-refractivity contribution < 1.29 is 4.79 Å². The van der Waals surface area contributed by atoms with Crippen LogP contribution < -0.4 is 10.2 Å². The predicted molar refractivity (Wildman–Crippen MR) is 76.4 cm³/mol. The Balaban J connectivity index is 2.63. The molecule has 1 N–H and O–H groups in total. The molecule has 0 aliphatic rings. The monoisotopic (exact) mass is 268 g/mol. The number of hydrogen-bond donors (Lipinski definition) is 1. The van der Waals surface area contributed by atoms with Crippen molar-refractivity contribution in [1.82, 2.24) is 15.3 Å². The summed E-state index contributed by atoms with van der Waals surface area (Å²) in [6.07, 6.45) is 4.62. The molecule has 0 aromatic carbocycles. The van der Waals surface area contributed by atoms with Crippen molar-refractivity contribution in [3.8, 4) is 0 Å². The Morgan fingerprint density at radius 1 is 1.50 bits per heavy atom. The van der Waals surface area contributed by atoms with Crippen LogP contribution in [0.25, 0.3) is 0 Å². The minimum atomic E-state index is -0.0982. The van der Waals surface area contributed by atoms with E-state index in [9.17, 15) is 4.79 Å². The second-order valence-corrected chi connectivity index (χ2v) is 5.15. The van der Waals surface area contributed by atoms with Crippen LogP contribution in [0.4, 0.5) is 5.95 Å². The maximum Gasteiger partial charge on any atom is 0.254 e. The lowest BCUT2D eigenvalue weighted by atomic mass is 10.2.